The zero-order valence-corrected chi connectivity index (χ0v) is 12.3. The van der Waals surface area contributed by atoms with Crippen LogP contribution in [0, 0.1) is 0 Å². The average molecular weight is 298 g/mol. The van der Waals surface area contributed by atoms with Crippen LogP contribution in [0.3, 0.4) is 0 Å². The molecule has 0 saturated heterocycles. The number of rotatable bonds is 6. The molecular weight excluding hydrogens is 278 g/mol. The highest BCUT2D eigenvalue weighted by Gasteiger charge is 2.11. The van der Waals surface area contributed by atoms with E-state index in [1.54, 1.807) is 0 Å². The Hall–Kier alpha value is -0.800. The van der Waals surface area contributed by atoms with E-state index >= 15 is 0 Å². The van der Waals surface area contributed by atoms with Crippen molar-refractivity contribution in [2.24, 2.45) is 0 Å². The van der Waals surface area contributed by atoms with Crippen LogP contribution >= 0.6 is 15.9 Å². The predicted octanol–water partition coefficient (Wildman–Crippen LogP) is 4.07. The third-order valence-electron chi connectivity index (χ3n) is 2.52. The second kappa shape index (κ2) is 7.51. The number of benzene rings is 1. The lowest BCUT2D eigenvalue weighted by Gasteiger charge is -2.17. The third-order valence-corrected chi connectivity index (χ3v) is 3.01. The molecule has 0 aromatic heterocycles. The predicted molar refractivity (Wildman–Crippen MR) is 76.5 cm³/mol. The molecule has 0 heterocycles. The van der Waals surface area contributed by atoms with E-state index < -0.39 is 0 Å². The van der Waals surface area contributed by atoms with E-state index in [1.807, 2.05) is 31.2 Å². The molecule has 3 heteroatoms. The second-order valence-corrected chi connectivity index (χ2v) is 4.76. The highest BCUT2D eigenvalue weighted by Crippen LogP contribution is 2.28. The van der Waals surface area contributed by atoms with Gasteiger partial charge >= 0.3 is 0 Å². The van der Waals surface area contributed by atoms with E-state index in [-0.39, 0.29) is 6.04 Å². The summed E-state index contributed by atoms with van der Waals surface area (Å²) in [5, 5.41) is 3.40. The number of ether oxygens (including phenoxy) is 1. The Bertz CT molecular complexity index is 376. The van der Waals surface area contributed by atoms with Crippen molar-refractivity contribution in [2.75, 3.05) is 13.2 Å². The van der Waals surface area contributed by atoms with Gasteiger partial charge in [-0.3, -0.25) is 0 Å². The summed E-state index contributed by atoms with van der Waals surface area (Å²) in [7, 11) is 0. The Morgan fingerprint density at radius 3 is 2.88 bits per heavy atom. The van der Waals surface area contributed by atoms with Crippen LogP contribution in [-0.4, -0.2) is 13.2 Å². The minimum Gasteiger partial charge on any atom is -0.489 e. The van der Waals surface area contributed by atoms with Gasteiger partial charge < -0.3 is 10.1 Å². The Kier molecular flexibility index (Phi) is 6.30. The first-order valence-electron chi connectivity index (χ1n) is 5.95. The van der Waals surface area contributed by atoms with Crippen molar-refractivity contribution in [3.05, 3.63) is 40.4 Å². The van der Waals surface area contributed by atoms with Gasteiger partial charge in [-0.15, -0.1) is 0 Å². The SMILES string of the molecule is C/C=C/COc1ccc(Br)cc1C(C)NCC. The number of allylic oxidation sites excluding steroid dienone is 1. The molecule has 0 saturated carbocycles. The molecule has 1 aromatic carbocycles. The normalized spacial score (nSPS) is 12.9. The summed E-state index contributed by atoms with van der Waals surface area (Å²) in [6.45, 7) is 7.81. The lowest BCUT2D eigenvalue weighted by molar-refractivity contribution is 0.354. The van der Waals surface area contributed by atoms with Gasteiger partial charge in [0.2, 0.25) is 0 Å². The van der Waals surface area contributed by atoms with E-state index in [0.29, 0.717) is 6.61 Å². The molecule has 1 unspecified atom stereocenters. The van der Waals surface area contributed by atoms with Crippen LogP contribution in [0.2, 0.25) is 0 Å². The van der Waals surface area contributed by atoms with Crippen molar-refractivity contribution in [3.63, 3.8) is 0 Å². The minimum atomic E-state index is 0.290. The highest BCUT2D eigenvalue weighted by atomic mass is 79.9. The summed E-state index contributed by atoms with van der Waals surface area (Å²) < 4.78 is 6.83. The highest BCUT2D eigenvalue weighted by molar-refractivity contribution is 9.10. The molecule has 0 aliphatic rings. The Morgan fingerprint density at radius 2 is 2.24 bits per heavy atom. The van der Waals surface area contributed by atoms with Crippen molar-refractivity contribution >= 4 is 15.9 Å². The summed E-state index contributed by atoms with van der Waals surface area (Å²) in [6, 6.07) is 6.42. The minimum absolute atomic E-state index is 0.290. The maximum Gasteiger partial charge on any atom is 0.124 e. The molecule has 0 aliphatic heterocycles. The van der Waals surface area contributed by atoms with Gasteiger partial charge in [-0.1, -0.05) is 35.0 Å². The number of hydrogen-bond acceptors (Lipinski definition) is 2. The van der Waals surface area contributed by atoms with Gasteiger partial charge in [0.15, 0.2) is 0 Å². The lowest BCUT2D eigenvalue weighted by atomic mass is 10.1. The molecule has 2 nitrogen and oxygen atoms in total. The van der Waals surface area contributed by atoms with Gasteiger partial charge in [0, 0.05) is 16.1 Å². The van der Waals surface area contributed by atoms with E-state index in [4.69, 9.17) is 4.74 Å². The quantitative estimate of drug-likeness (QED) is 0.799. The molecule has 0 spiro atoms. The summed E-state index contributed by atoms with van der Waals surface area (Å²) >= 11 is 3.50. The smallest absolute Gasteiger partial charge is 0.124 e. The van der Waals surface area contributed by atoms with Crippen molar-refractivity contribution in [3.8, 4) is 5.75 Å². The van der Waals surface area contributed by atoms with Crippen LogP contribution in [0.15, 0.2) is 34.8 Å². The van der Waals surface area contributed by atoms with Crippen molar-refractivity contribution in [1.29, 1.82) is 0 Å². The van der Waals surface area contributed by atoms with Crippen LogP contribution < -0.4 is 10.1 Å². The summed E-state index contributed by atoms with van der Waals surface area (Å²) in [5.41, 5.74) is 1.19. The first-order chi connectivity index (χ1) is 8.19. The molecule has 0 fully saturated rings. The van der Waals surface area contributed by atoms with Crippen LogP contribution in [0.25, 0.3) is 0 Å². The zero-order chi connectivity index (χ0) is 12.7. The van der Waals surface area contributed by atoms with Gasteiger partial charge in [0.25, 0.3) is 0 Å². The van der Waals surface area contributed by atoms with E-state index in [1.165, 1.54) is 5.56 Å². The van der Waals surface area contributed by atoms with Crippen LogP contribution in [0.5, 0.6) is 5.75 Å². The van der Waals surface area contributed by atoms with Crippen molar-refractivity contribution < 1.29 is 4.74 Å². The maximum atomic E-state index is 5.75. The molecule has 1 N–H and O–H groups in total. The van der Waals surface area contributed by atoms with Crippen LogP contribution in [0.1, 0.15) is 32.4 Å². The van der Waals surface area contributed by atoms with Gasteiger partial charge in [0.05, 0.1) is 0 Å². The molecule has 0 aliphatic carbocycles. The molecular formula is C14H20BrNO. The second-order valence-electron chi connectivity index (χ2n) is 3.84. The third kappa shape index (κ3) is 4.52. The van der Waals surface area contributed by atoms with Crippen LogP contribution in [0.4, 0.5) is 0 Å². The molecule has 0 amide bonds. The van der Waals surface area contributed by atoms with Gasteiger partial charge in [-0.05, 0) is 38.6 Å². The molecule has 94 valence electrons. The molecule has 1 aromatic rings. The first kappa shape index (κ1) is 14.3. The number of halogens is 1. The zero-order valence-electron chi connectivity index (χ0n) is 10.7. The Balaban J connectivity index is 2.86. The fourth-order valence-electron chi connectivity index (χ4n) is 1.64. The lowest BCUT2D eigenvalue weighted by Crippen LogP contribution is -2.18. The van der Waals surface area contributed by atoms with Gasteiger partial charge in [0.1, 0.15) is 12.4 Å². The van der Waals surface area contributed by atoms with E-state index in [2.05, 4.69) is 41.2 Å². The summed E-state index contributed by atoms with van der Waals surface area (Å²) in [4.78, 5) is 0. The van der Waals surface area contributed by atoms with Gasteiger partial charge in [-0.2, -0.15) is 0 Å². The fraction of sp³-hybridized carbons (Fsp3) is 0.429. The Labute approximate surface area is 112 Å². The monoisotopic (exact) mass is 297 g/mol. The molecule has 1 rings (SSSR count). The van der Waals surface area contributed by atoms with Gasteiger partial charge in [-0.25, -0.2) is 0 Å². The molecule has 17 heavy (non-hydrogen) atoms. The summed E-state index contributed by atoms with van der Waals surface area (Å²) in [5.74, 6) is 0.944. The summed E-state index contributed by atoms with van der Waals surface area (Å²) in [6.07, 6.45) is 4.00. The van der Waals surface area contributed by atoms with E-state index in [9.17, 15) is 0 Å². The standard InChI is InChI=1S/C14H20BrNO/c1-4-6-9-17-14-8-7-12(15)10-13(14)11(3)16-5-2/h4,6-8,10-11,16H,5,9H2,1-3H3/b6-4+. The van der Waals surface area contributed by atoms with Crippen molar-refractivity contribution in [1.82, 2.24) is 5.32 Å². The topological polar surface area (TPSA) is 21.3 Å². The largest absolute Gasteiger partial charge is 0.489 e. The van der Waals surface area contributed by atoms with Crippen LogP contribution in [-0.2, 0) is 0 Å². The Morgan fingerprint density at radius 1 is 1.47 bits per heavy atom. The number of hydrogen-bond donors (Lipinski definition) is 1. The van der Waals surface area contributed by atoms with Crippen molar-refractivity contribution in [2.45, 2.75) is 26.8 Å². The molecule has 0 bridgehead atoms. The first-order valence-corrected chi connectivity index (χ1v) is 6.75. The molecule has 1 atom stereocenters. The average Bonchev–Trinajstić information content (AvgIpc) is 2.31. The fourth-order valence-corrected chi connectivity index (χ4v) is 2.02. The number of nitrogens with one attached hydrogen (secondary N) is 1. The maximum absolute atomic E-state index is 5.75. The molecule has 0 radical (unpaired) electrons. The van der Waals surface area contributed by atoms with E-state index in [0.717, 1.165) is 16.8 Å².